The van der Waals surface area contributed by atoms with E-state index in [1.165, 1.54) is 0 Å². The van der Waals surface area contributed by atoms with Crippen LogP contribution < -0.4 is 5.32 Å². The Balaban J connectivity index is 1.76. The van der Waals surface area contributed by atoms with Crippen LogP contribution in [0.2, 0.25) is 0 Å². The van der Waals surface area contributed by atoms with Gasteiger partial charge in [-0.3, -0.25) is 9.48 Å². The van der Waals surface area contributed by atoms with Crippen molar-refractivity contribution in [1.82, 2.24) is 14.8 Å². The molecule has 4 rings (SSSR count). The van der Waals surface area contributed by atoms with E-state index in [0.29, 0.717) is 22.7 Å². The molecule has 0 saturated heterocycles. The second-order valence-corrected chi connectivity index (χ2v) is 6.42. The van der Waals surface area contributed by atoms with Crippen molar-refractivity contribution in [2.45, 2.75) is 25.7 Å². The van der Waals surface area contributed by atoms with Gasteiger partial charge < -0.3 is 5.32 Å². The van der Waals surface area contributed by atoms with Gasteiger partial charge in [-0.2, -0.15) is 10.4 Å². The van der Waals surface area contributed by atoms with E-state index in [-0.39, 0.29) is 5.91 Å². The number of aryl methyl sites for hydroxylation is 2. The summed E-state index contributed by atoms with van der Waals surface area (Å²) in [6, 6.07) is 10.8. The zero-order valence-electron chi connectivity index (χ0n) is 14.1. The summed E-state index contributed by atoms with van der Waals surface area (Å²) in [6.45, 7) is 1.89. The summed E-state index contributed by atoms with van der Waals surface area (Å²) in [6.07, 6.45) is 2.23. The number of hydrogen-bond donors (Lipinski definition) is 1. The lowest BCUT2D eigenvalue weighted by Gasteiger charge is -2.09. The average Bonchev–Trinajstić information content (AvgIpc) is 3.42. The number of carbonyl (C=O) groups excluding carboxylic acids is 1. The Kier molecular flexibility index (Phi) is 3.50. The molecule has 0 aliphatic heterocycles. The molecule has 1 N–H and O–H groups in total. The number of rotatable bonds is 3. The van der Waals surface area contributed by atoms with Crippen LogP contribution in [0, 0.1) is 18.3 Å². The Morgan fingerprint density at radius 1 is 1.32 bits per heavy atom. The van der Waals surface area contributed by atoms with Crippen molar-refractivity contribution in [2.24, 2.45) is 7.05 Å². The molecule has 25 heavy (non-hydrogen) atoms. The molecule has 0 atom stereocenters. The SMILES string of the molecule is Cc1nn(C)c2nc(C3CC3)cc(C(=O)Nc3ccc(C#N)cc3)c12. The third-order valence-corrected chi connectivity index (χ3v) is 4.50. The number of nitriles is 1. The van der Waals surface area contributed by atoms with Crippen molar-refractivity contribution < 1.29 is 4.79 Å². The van der Waals surface area contributed by atoms with Crippen LogP contribution in [-0.4, -0.2) is 20.7 Å². The van der Waals surface area contributed by atoms with E-state index in [4.69, 9.17) is 10.2 Å². The van der Waals surface area contributed by atoms with E-state index >= 15 is 0 Å². The summed E-state index contributed by atoms with van der Waals surface area (Å²) >= 11 is 0. The number of fused-ring (bicyclic) bond motifs is 1. The summed E-state index contributed by atoms with van der Waals surface area (Å²) in [7, 11) is 1.85. The molecule has 3 aromatic rings. The van der Waals surface area contributed by atoms with Gasteiger partial charge >= 0.3 is 0 Å². The van der Waals surface area contributed by atoms with Crippen molar-refractivity contribution in [3.8, 4) is 6.07 Å². The molecule has 0 unspecified atom stereocenters. The van der Waals surface area contributed by atoms with Gasteiger partial charge in [0.15, 0.2) is 5.65 Å². The Bertz CT molecular complexity index is 1020. The molecule has 6 nitrogen and oxygen atoms in total. The molecule has 1 aromatic carbocycles. The summed E-state index contributed by atoms with van der Waals surface area (Å²) < 4.78 is 1.73. The number of anilines is 1. The molecular weight excluding hydrogens is 314 g/mol. The maximum absolute atomic E-state index is 12.9. The van der Waals surface area contributed by atoms with Gasteiger partial charge in [0.05, 0.1) is 28.3 Å². The monoisotopic (exact) mass is 331 g/mol. The Morgan fingerprint density at radius 2 is 2.04 bits per heavy atom. The first kappa shape index (κ1) is 15.3. The van der Waals surface area contributed by atoms with Crippen molar-refractivity contribution >= 4 is 22.6 Å². The van der Waals surface area contributed by atoms with E-state index in [1.807, 2.05) is 20.0 Å². The number of pyridine rings is 1. The van der Waals surface area contributed by atoms with Gasteiger partial charge in [-0.15, -0.1) is 0 Å². The molecule has 1 aliphatic carbocycles. The van der Waals surface area contributed by atoms with Gasteiger partial charge in [0, 0.05) is 24.3 Å². The van der Waals surface area contributed by atoms with Gasteiger partial charge in [-0.05, 0) is 50.1 Å². The number of carbonyl (C=O) groups is 1. The Morgan fingerprint density at radius 3 is 2.68 bits per heavy atom. The standard InChI is InChI=1S/C19H17N5O/c1-11-17-15(19(25)21-14-7-3-12(10-20)4-8-14)9-16(13-5-6-13)22-18(17)24(2)23-11/h3-4,7-9,13H,5-6H2,1-2H3,(H,21,25). The van der Waals surface area contributed by atoms with Crippen molar-refractivity contribution in [3.05, 3.63) is 52.8 Å². The number of hydrogen-bond acceptors (Lipinski definition) is 4. The molecule has 2 aromatic heterocycles. The highest BCUT2D eigenvalue weighted by molar-refractivity contribution is 6.12. The van der Waals surface area contributed by atoms with E-state index < -0.39 is 0 Å². The molecule has 1 saturated carbocycles. The molecule has 2 heterocycles. The number of amides is 1. The molecule has 1 amide bonds. The third kappa shape index (κ3) is 2.74. The minimum atomic E-state index is -0.185. The van der Waals surface area contributed by atoms with Gasteiger partial charge in [-0.1, -0.05) is 0 Å². The average molecular weight is 331 g/mol. The highest BCUT2D eigenvalue weighted by atomic mass is 16.1. The maximum Gasteiger partial charge on any atom is 0.256 e. The first-order valence-corrected chi connectivity index (χ1v) is 8.22. The fourth-order valence-corrected chi connectivity index (χ4v) is 3.06. The number of nitrogens with one attached hydrogen (secondary N) is 1. The maximum atomic E-state index is 12.9. The van der Waals surface area contributed by atoms with Crippen LogP contribution in [0.1, 0.15) is 46.1 Å². The lowest BCUT2D eigenvalue weighted by atomic mass is 10.1. The van der Waals surface area contributed by atoms with Crippen LogP contribution in [-0.2, 0) is 7.05 Å². The van der Waals surface area contributed by atoms with Crippen LogP contribution >= 0.6 is 0 Å². The highest BCUT2D eigenvalue weighted by Gasteiger charge is 2.28. The fourth-order valence-electron chi connectivity index (χ4n) is 3.06. The Labute approximate surface area is 145 Å². The predicted octanol–water partition coefficient (Wildman–Crippen LogP) is 3.28. The van der Waals surface area contributed by atoms with Gasteiger partial charge in [0.1, 0.15) is 0 Å². The minimum absolute atomic E-state index is 0.185. The molecule has 0 spiro atoms. The van der Waals surface area contributed by atoms with Crippen molar-refractivity contribution in [3.63, 3.8) is 0 Å². The normalized spacial score (nSPS) is 13.6. The smallest absolute Gasteiger partial charge is 0.256 e. The number of nitrogens with zero attached hydrogens (tertiary/aromatic N) is 4. The summed E-state index contributed by atoms with van der Waals surface area (Å²) in [5.41, 5.74) is 4.30. The van der Waals surface area contributed by atoms with Crippen molar-refractivity contribution in [1.29, 1.82) is 5.26 Å². The molecule has 1 aliphatic rings. The van der Waals surface area contributed by atoms with Crippen LogP contribution in [0.5, 0.6) is 0 Å². The molecule has 0 radical (unpaired) electrons. The van der Waals surface area contributed by atoms with Crippen LogP contribution in [0.4, 0.5) is 5.69 Å². The summed E-state index contributed by atoms with van der Waals surface area (Å²) in [5, 5.41) is 17.0. The molecule has 0 bridgehead atoms. The van der Waals surface area contributed by atoms with Crippen LogP contribution in [0.3, 0.4) is 0 Å². The van der Waals surface area contributed by atoms with E-state index in [9.17, 15) is 4.79 Å². The quantitative estimate of drug-likeness (QED) is 0.798. The predicted molar refractivity (Wildman–Crippen MR) is 94.3 cm³/mol. The Hall–Kier alpha value is -3.20. The van der Waals surface area contributed by atoms with Gasteiger partial charge in [-0.25, -0.2) is 4.98 Å². The molecule has 6 heteroatoms. The van der Waals surface area contributed by atoms with Gasteiger partial charge in [0.25, 0.3) is 5.91 Å². The molecular formula is C19H17N5O. The zero-order valence-corrected chi connectivity index (χ0v) is 14.1. The second-order valence-electron chi connectivity index (χ2n) is 6.42. The number of aromatic nitrogens is 3. The second kappa shape index (κ2) is 5.71. The van der Waals surface area contributed by atoms with Crippen LogP contribution in [0.15, 0.2) is 30.3 Å². The number of benzene rings is 1. The molecule has 124 valence electrons. The zero-order chi connectivity index (χ0) is 17.6. The largest absolute Gasteiger partial charge is 0.322 e. The fraction of sp³-hybridized carbons (Fsp3) is 0.263. The summed E-state index contributed by atoms with van der Waals surface area (Å²) in [5.74, 6) is 0.260. The molecule has 1 fully saturated rings. The van der Waals surface area contributed by atoms with Gasteiger partial charge in [0.2, 0.25) is 0 Å². The first-order valence-electron chi connectivity index (χ1n) is 8.22. The highest BCUT2D eigenvalue weighted by Crippen LogP contribution is 2.40. The lowest BCUT2D eigenvalue weighted by molar-refractivity contribution is 0.102. The van der Waals surface area contributed by atoms with E-state index in [0.717, 1.165) is 35.3 Å². The third-order valence-electron chi connectivity index (χ3n) is 4.50. The minimum Gasteiger partial charge on any atom is -0.322 e. The van der Waals surface area contributed by atoms with Crippen molar-refractivity contribution in [2.75, 3.05) is 5.32 Å². The first-order chi connectivity index (χ1) is 12.1. The van der Waals surface area contributed by atoms with E-state index in [2.05, 4.69) is 16.5 Å². The topological polar surface area (TPSA) is 83.6 Å². The summed E-state index contributed by atoms with van der Waals surface area (Å²) in [4.78, 5) is 17.6. The lowest BCUT2D eigenvalue weighted by Crippen LogP contribution is -2.13. The van der Waals surface area contributed by atoms with Crippen LogP contribution in [0.25, 0.3) is 11.0 Å². The van der Waals surface area contributed by atoms with E-state index in [1.54, 1.807) is 28.9 Å².